The zero-order chi connectivity index (χ0) is 12.4. The smallest absolute Gasteiger partial charge is 0.132 e. The van der Waals surface area contributed by atoms with E-state index < -0.39 is 11.9 Å². The quantitative estimate of drug-likeness (QED) is 0.863. The van der Waals surface area contributed by atoms with Crippen molar-refractivity contribution in [3.8, 4) is 5.75 Å². The van der Waals surface area contributed by atoms with Gasteiger partial charge in [-0.25, -0.2) is 4.39 Å². The van der Waals surface area contributed by atoms with Crippen molar-refractivity contribution in [2.45, 2.75) is 6.04 Å². The molecule has 1 aromatic carbocycles. The van der Waals surface area contributed by atoms with E-state index in [1.165, 1.54) is 24.1 Å². The predicted octanol–water partition coefficient (Wildman–Crippen LogP) is 1.01. The monoisotopic (exact) mass is 236 g/mol. The molecule has 0 bridgehead atoms. The molecule has 0 saturated heterocycles. The maximum absolute atomic E-state index is 13.8. The van der Waals surface area contributed by atoms with Crippen LogP contribution in [0.4, 0.5) is 4.39 Å². The minimum absolute atomic E-state index is 0.385. The number of methoxy groups -OCH3 is 1. The lowest BCUT2D eigenvalue weighted by Crippen LogP contribution is -2.17. The fraction of sp³-hybridized carbons (Fsp3) is 0.273. The lowest BCUT2D eigenvalue weighted by atomic mass is 10.0. The average Bonchev–Trinajstić information content (AvgIpc) is 2.74. The topological polar surface area (TPSA) is 66.0 Å². The minimum atomic E-state index is -0.596. The summed E-state index contributed by atoms with van der Waals surface area (Å²) in [6, 6.07) is 3.98. The van der Waals surface area contributed by atoms with E-state index in [0.29, 0.717) is 17.0 Å². The number of nitrogens with zero attached hydrogens (tertiary/aromatic N) is 3. The van der Waals surface area contributed by atoms with Crippen LogP contribution >= 0.6 is 0 Å². The molecule has 0 amide bonds. The molecule has 5 nitrogen and oxygen atoms in total. The number of halogens is 1. The Morgan fingerprint density at radius 2 is 2.24 bits per heavy atom. The Bertz CT molecular complexity index is 526. The molecular formula is C11H13FN4O. The number of aryl methyl sites for hydroxylation is 1. The van der Waals surface area contributed by atoms with E-state index in [4.69, 9.17) is 10.5 Å². The minimum Gasteiger partial charge on any atom is -0.497 e. The van der Waals surface area contributed by atoms with E-state index in [-0.39, 0.29) is 0 Å². The molecule has 0 aliphatic rings. The van der Waals surface area contributed by atoms with Crippen molar-refractivity contribution in [1.82, 2.24) is 15.0 Å². The molecule has 2 rings (SSSR count). The molecule has 6 heteroatoms. The number of hydrogen-bond acceptors (Lipinski definition) is 4. The third kappa shape index (κ3) is 2.12. The molecule has 2 N–H and O–H groups in total. The summed E-state index contributed by atoms with van der Waals surface area (Å²) in [7, 11) is 3.20. The van der Waals surface area contributed by atoms with Crippen molar-refractivity contribution in [3.63, 3.8) is 0 Å². The molecule has 0 radical (unpaired) electrons. The van der Waals surface area contributed by atoms with Crippen LogP contribution in [0.5, 0.6) is 5.75 Å². The molecule has 0 fully saturated rings. The van der Waals surface area contributed by atoms with Crippen LogP contribution in [0.2, 0.25) is 0 Å². The second kappa shape index (κ2) is 4.50. The molecular weight excluding hydrogens is 223 g/mol. The van der Waals surface area contributed by atoms with Crippen molar-refractivity contribution in [3.05, 3.63) is 41.5 Å². The number of benzene rings is 1. The van der Waals surface area contributed by atoms with Gasteiger partial charge in [0.15, 0.2) is 0 Å². The number of aromatic nitrogens is 3. The van der Waals surface area contributed by atoms with Crippen LogP contribution < -0.4 is 10.5 Å². The van der Waals surface area contributed by atoms with Gasteiger partial charge in [0.1, 0.15) is 11.6 Å². The first kappa shape index (κ1) is 11.5. The van der Waals surface area contributed by atoms with E-state index in [1.54, 1.807) is 19.2 Å². The Kier molecular flexibility index (Phi) is 3.06. The van der Waals surface area contributed by atoms with Crippen molar-refractivity contribution in [1.29, 1.82) is 0 Å². The first-order valence-electron chi connectivity index (χ1n) is 5.07. The number of hydrogen-bond donors (Lipinski definition) is 1. The van der Waals surface area contributed by atoms with Crippen LogP contribution in [-0.4, -0.2) is 22.1 Å². The zero-order valence-electron chi connectivity index (χ0n) is 9.59. The Morgan fingerprint density at radius 3 is 2.76 bits per heavy atom. The van der Waals surface area contributed by atoms with Crippen molar-refractivity contribution in [2.75, 3.05) is 7.11 Å². The maximum atomic E-state index is 13.8. The summed E-state index contributed by atoms with van der Waals surface area (Å²) >= 11 is 0. The Labute approximate surface area is 98.0 Å². The van der Waals surface area contributed by atoms with E-state index in [1.807, 2.05) is 0 Å². The summed E-state index contributed by atoms with van der Waals surface area (Å²) < 4.78 is 20.3. The van der Waals surface area contributed by atoms with Gasteiger partial charge in [-0.05, 0) is 6.07 Å². The predicted molar refractivity (Wildman–Crippen MR) is 60.0 cm³/mol. The van der Waals surface area contributed by atoms with Gasteiger partial charge in [-0.15, -0.1) is 5.10 Å². The SMILES string of the molecule is COc1ccc(C(N)c2cnnn2C)c(F)c1. The lowest BCUT2D eigenvalue weighted by molar-refractivity contribution is 0.410. The normalized spacial score (nSPS) is 12.5. The van der Waals surface area contributed by atoms with Gasteiger partial charge in [0, 0.05) is 18.7 Å². The highest BCUT2D eigenvalue weighted by Gasteiger charge is 2.17. The molecule has 90 valence electrons. The molecule has 1 unspecified atom stereocenters. The Balaban J connectivity index is 2.38. The molecule has 0 spiro atoms. The van der Waals surface area contributed by atoms with Gasteiger partial charge in [-0.3, -0.25) is 4.68 Å². The van der Waals surface area contributed by atoms with Crippen LogP contribution in [-0.2, 0) is 7.05 Å². The number of rotatable bonds is 3. The number of ether oxygens (including phenoxy) is 1. The van der Waals surface area contributed by atoms with Gasteiger partial charge >= 0.3 is 0 Å². The maximum Gasteiger partial charge on any atom is 0.132 e. The summed E-state index contributed by atoms with van der Waals surface area (Å²) in [5.74, 6) is 0.0552. The van der Waals surface area contributed by atoms with Gasteiger partial charge in [-0.2, -0.15) is 0 Å². The highest BCUT2D eigenvalue weighted by atomic mass is 19.1. The van der Waals surface area contributed by atoms with E-state index in [9.17, 15) is 4.39 Å². The molecule has 1 atom stereocenters. The van der Waals surface area contributed by atoms with E-state index >= 15 is 0 Å². The fourth-order valence-electron chi connectivity index (χ4n) is 1.63. The van der Waals surface area contributed by atoms with Crippen molar-refractivity contribution in [2.24, 2.45) is 12.8 Å². The van der Waals surface area contributed by atoms with Crippen LogP contribution in [0.25, 0.3) is 0 Å². The highest BCUT2D eigenvalue weighted by molar-refractivity contribution is 5.33. The third-order valence-corrected chi connectivity index (χ3v) is 2.61. The van der Waals surface area contributed by atoms with Gasteiger partial charge in [0.2, 0.25) is 0 Å². The van der Waals surface area contributed by atoms with E-state index in [2.05, 4.69) is 10.3 Å². The standard InChI is InChI=1S/C11H13FN4O/c1-16-10(6-14-15-16)11(13)8-4-3-7(17-2)5-9(8)12/h3-6,11H,13H2,1-2H3. The molecule has 0 saturated carbocycles. The summed E-state index contributed by atoms with van der Waals surface area (Å²) in [5, 5.41) is 7.48. The van der Waals surface area contributed by atoms with E-state index in [0.717, 1.165) is 0 Å². The second-order valence-corrected chi connectivity index (χ2v) is 3.65. The molecule has 17 heavy (non-hydrogen) atoms. The van der Waals surface area contributed by atoms with Gasteiger partial charge in [-0.1, -0.05) is 11.3 Å². The largest absolute Gasteiger partial charge is 0.497 e. The number of nitrogens with two attached hydrogens (primary N) is 1. The zero-order valence-corrected chi connectivity index (χ0v) is 9.59. The summed E-state index contributed by atoms with van der Waals surface area (Å²) in [4.78, 5) is 0. The Hall–Kier alpha value is -1.95. The van der Waals surface area contributed by atoms with Crippen molar-refractivity contribution >= 4 is 0 Å². The fourth-order valence-corrected chi connectivity index (χ4v) is 1.63. The average molecular weight is 236 g/mol. The third-order valence-electron chi connectivity index (χ3n) is 2.61. The van der Waals surface area contributed by atoms with Crippen LogP contribution in [0.3, 0.4) is 0 Å². The molecule has 0 aliphatic heterocycles. The Morgan fingerprint density at radius 1 is 1.47 bits per heavy atom. The van der Waals surface area contributed by atoms with Gasteiger partial charge < -0.3 is 10.5 Å². The van der Waals surface area contributed by atoms with Gasteiger partial charge in [0.05, 0.1) is 25.0 Å². The van der Waals surface area contributed by atoms with Crippen LogP contribution in [0, 0.1) is 5.82 Å². The highest BCUT2D eigenvalue weighted by Crippen LogP contribution is 2.24. The lowest BCUT2D eigenvalue weighted by Gasteiger charge is -2.13. The summed E-state index contributed by atoms with van der Waals surface area (Å²) in [6.07, 6.45) is 1.52. The van der Waals surface area contributed by atoms with Crippen molar-refractivity contribution < 1.29 is 9.13 Å². The van der Waals surface area contributed by atoms with Crippen LogP contribution in [0.15, 0.2) is 24.4 Å². The van der Waals surface area contributed by atoms with Crippen LogP contribution in [0.1, 0.15) is 17.3 Å². The summed E-state index contributed by atoms with van der Waals surface area (Å²) in [6.45, 7) is 0. The first-order chi connectivity index (χ1) is 8.13. The summed E-state index contributed by atoms with van der Waals surface area (Å²) in [5.41, 5.74) is 7.00. The second-order valence-electron chi connectivity index (χ2n) is 3.65. The first-order valence-corrected chi connectivity index (χ1v) is 5.07. The van der Waals surface area contributed by atoms with Gasteiger partial charge in [0.25, 0.3) is 0 Å². The molecule has 1 heterocycles. The molecule has 2 aromatic rings. The molecule has 1 aromatic heterocycles. The molecule has 0 aliphatic carbocycles.